The maximum Gasteiger partial charge on any atom is 0.323 e. The molecule has 1 rings (SSSR count). The molecular weight excluding hydrogens is 292 g/mol. The van der Waals surface area contributed by atoms with E-state index in [2.05, 4.69) is 15.2 Å². The first-order valence-electron chi connectivity index (χ1n) is 6.87. The number of esters is 1. The lowest BCUT2D eigenvalue weighted by Crippen LogP contribution is -2.50. The van der Waals surface area contributed by atoms with Gasteiger partial charge in [-0.2, -0.15) is 4.72 Å². The zero-order valence-corrected chi connectivity index (χ0v) is 13.3. The van der Waals surface area contributed by atoms with Crippen molar-refractivity contribution in [3.8, 4) is 0 Å². The van der Waals surface area contributed by atoms with Crippen molar-refractivity contribution in [2.24, 2.45) is 0 Å². The SMILES string of the molecule is COC(=O)[C@H](CCCC[NH3+])NS(=O)(=O)c1ccc(C)cc1. The molecule has 1 aromatic carbocycles. The molecule has 21 heavy (non-hydrogen) atoms. The van der Waals surface area contributed by atoms with Crippen LogP contribution < -0.4 is 10.5 Å². The Morgan fingerprint density at radius 3 is 2.43 bits per heavy atom. The fourth-order valence-corrected chi connectivity index (χ4v) is 3.08. The molecule has 0 heterocycles. The van der Waals surface area contributed by atoms with Gasteiger partial charge in [0.15, 0.2) is 0 Å². The van der Waals surface area contributed by atoms with E-state index in [-0.39, 0.29) is 4.90 Å². The molecule has 0 aliphatic rings. The van der Waals surface area contributed by atoms with Gasteiger partial charge >= 0.3 is 5.97 Å². The van der Waals surface area contributed by atoms with Crippen molar-refractivity contribution in [2.75, 3.05) is 13.7 Å². The molecule has 0 amide bonds. The van der Waals surface area contributed by atoms with Crippen molar-refractivity contribution >= 4 is 16.0 Å². The second-order valence-electron chi connectivity index (χ2n) is 4.86. The first kappa shape index (κ1) is 17.6. The van der Waals surface area contributed by atoms with E-state index in [1.807, 2.05) is 6.92 Å². The summed E-state index contributed by atoms with van der Waals surface area (Å²) in [5.41, 5.74) is 4.69. The monoisotopic (exact) mass is 315 g/mol. The van der Waals surface area contributed by atoms with Crippen LogP contribution in [-0.4, -0.2) is 34.1 Å². The quantitative estimate of drug-likeness (QED) is 0.529. The van der Waals surface area contributed by atoms with Crippen molar-refractivity contribution in [3.05, 3.63) is 29.8 Å². The van der Waals surface area contributed by atoms with Crippen LogP contribution >= 0.6 is 0 Å². The molecule has 118 valence electrons. The summed E-state index contributed by atoms with van der Waals surface area (Å²) in [6.07, 6.45) is 1.94. The zero-order valence-electron chi connectivity index (χ0n) is 12.5. The van der Waals surface area contributed by atoms with Crippen molar-refractivity contribution in [1.29, 1.82) is 0 Å². The highest BCUT2D eigenvalue weighted by atomic mass is 32.2. The summed E-state index contributed by atoms with van der Waals surface area (Å²) in [4.78, 5) is 11.8. The Bertz CT molecular complexity index is 555. The number of hydrogen-bond donors (Lipinski definition) is 2. The van der Waals surface area contributed by atoms with Gasteiger partial charge in [0, 0.05) is 0 Å². The second-order valence-corrected chi connectivity index (χ2v) is 6.57. The number of sulfonamides is 1. The average molecular weight is 315 g/mol. The summed E-state index contributed by atoms with van der Waals surface area (Å²) >= 11 is 0. The summed E-state index contributed by atoms with van der Waals surface area (Å²) in [7, 11) is -2.49. The molecule has 7 heteroatoms. The molecule has 0 unspecified atom stereocenters. The third-order valence-corrected chi connectivity index (χ3v) is 4.59. The maximum absolute atomic E-state index is 12.3. The number of aryl methyl sites for hydroxylation is 1. The van der Waals surface area contributed by atoms with Crippen LogP contribution in [-0.2, 0) is 19.6 Å². The summed E-state index contributed by atoms with van der Waals surface area (Å²) in [5.74, 6) is -0.574. The second kappa shape index (κ2) is 8.11. The summed E-state index contributed by atoms with van der Waals surface area (Å²) in [6, 6.07) is 5.59. The predicted molar refractivity (Wildman–Crippen MR) is 78.9 cm³/mol. The predicted octanol–water partition coefficient (Wildman–Crippen LogP) is 0.227. The normalized spacial score (nSPS) is 12.9. The first-order valence-corrected chi connectivity index (χ1v) is 8.35. The Hall–Kier alpha value is -1.44. The molecule has 0 saturated heterocycles. The van der Waals surface area contributed by atoms with Gasteiger partial charge in [-0.3, -0.25) is 4.79 Å². The lowest BCUT2D eigenvalue weighted by atomic mass is 10.1. The Balaban J connectivity index is 2.85. The molecule has 6 nitrogen and oxygen atoms in total. The maximum atomic E-state index is 12.3. The number of benzene rings is 1. The van der Waals surface area contributed by atoms with Crippen LogP contribution in [0.1, 0.15) is 24.8 Å². The van der Waals surface area contributed by atoms with Crippen LogP contribution in [0, 0.1) is 6.92 Å². The number of rotatable bonds is 8. The van der Waals surface area contributed by atoms with Gasteiger partial charge in [-0.05, 0) is 38.3 Å². The fraction of sp³-hybridized carbons (Fsp3) is 0.500. The smallest absolute Gasteiger partial charge is 0.323 e. The molecular formula is C14H23N2O4S+. The Morgan fingerprint density at radius 2 is 1.90 bits per heavy atom. The molecule has 1 atom stereocenters. The number of unbranched alkanes of at least 4 members (excludes halogenated alkanes) is 1. The van der Waals surface area contributed by atoms with Crippen LogP contribution in [0.15, 0.2) is 29.2 Å². The number of ether oxygens (including phenoxy) is 1. The van der Waals surface area contributed by atoms with Gasteiger partial charge in [0.05, 0.1) is 18.6 Å². The Labute approximate surface area is 125 Å². The first-order chi connectivity index (χ1) is 9.90. The topological polar surface area (TPSA) is 100 Å². The minimum atomic E-state index is -3.73. The van der Waals surface area contributed by atoms with E-state index in [0.717, 1.165) is 18.5 Å². The minimum absolute atomic E-state index is 0.138. The van der Waals surface area contributed by atoms with Gasteiger partial charge in [-0.15, -0.1) is 0 Å². The van der Waals surface area contributed by atoms with Crippen LogP contribution in [0.25, 0.3) is 0 Å². The molecule has 1 aromatic rings. The van der Waals surface area contributed by atoms with Gasteiger partial charge in [0.25, 0.3) is 0 Å². The summed E-state index contributed by atoms with van der Waals surface area (Å²) < 4.78 is 31.6. The van der Waals surface area contributed by atoms with Crippen molar-refractivity contribution in [2.45, 2.75) is 37.1 Å². The van der Waals surface area contributed by atoms with Crippen LogP contribution in [0.2, 0.25) is 0 Å². The molecule has 0 fully saturated rings. The molecule has 0 spiro atoms. The molecule has 0 aliphatic heterocycles. The van der Waals surface area contributed by atoms with Gasteiger partial charge < -0.3 is 10.5 Å². The van der Waals surface area contributed by atoms with Gasteiger partial charge in [-0.25, -0.2) is 8.42 Å². The Morgan fingerprint density at radius 1 is 1.29 bits per heavy atom. The molecule has 0 aromatic heterocycles. The van der Waals surface area contributed by atoms with Crippen molar-refractivity contribution in [1.82, 2.24) is 4.72 Å². The van der Waals surface area contributed by atoms with E-state index in [0.29, 0.717) is 12.8 Å². The number of hydrogen-bond acceptors (Lipinski definition) is 4. The standard InChI is InChI=1S/C14H22N2O4S/c1-11-6-8-12(9-7-11)21(18,19)16-13(14(17)20-2)5-3-4-10-15/h6-9,13,16H,3-5,10,15H2,1-2H3/p+1/t13-/m0/s1. The molecule has 0 bridgehead atoms. The van der Waals surface area contributed by atoms with Crippen molar-refractivity contribution in [3.63, 3.8) is 0 Å². The van der Waals surface area contributed by atoms with Crippen LogP contribution in [0.5, 0.6) is 0 Å². The highest BCUT2D eigenvalue weighted by molar-refractivity contribution is 7.89. The van der Waals surface area contributed by atoms with Gasteiger partial charge in [-0.1, -0.05) is 17.7 Å². The van der Waals surface area contributed by atoms with E-state index >= 15 is 0 Å². The number of quaternary nitrogens is 1. The average Bonchev–Trinajstić information content (AvgIpc) is 2.46. The summed E-state index contributed by atoms with van der Waals surface area (Å²) in [5, 5.41) is 0. The third kappa shape index (κ3) is 5.45. The number of carbonyl (C=O) groups is 1. The third-order valence-electron chi connectivity index (χ3n) is 3.11. The van der Waals surface area contributed by atoms with Crippen LogP contribution in [0.3, 0.4) is 0 Å². The van der Waals surface area contributed by atoms with E-state index in [9.17, 15) is 13.2 Å². The molecule has 0 radical (unpaired) electrons. The minimum Gasteiger partial charge on any atom is -0.468 e. The number of methoxy groups -OCH3 is 1. The number of carbonyl (C=O) groups excluding carboxylic acids is 1. The fourth-order valence-electron chi connectivity index (χ4n) is 1.87. The van der Waals surface area contributed by atoms with E-state index in [1.54, 1.807) is 12.1 Å². The highest BCUT2D eigenvalue weighted by Gasteiger charge is 2.25. The lowest BCUT2D eigenvalue weighted by molar-refractivity contribution is -0.368. The van der Waals surface area contributed by atoms with E-state index in [4.69, 9.17) is 0 Å². The largest absolute Gasteiger partial charge is 0.468 e. The highest BCUT2D eigenvalue weighted by Crippen LogP contribution is 2.12. The molecule has 4 N–H and O–H groups in total. The molecule has 0 saturated carbocycles. The molecule has 0 aliphatic carbocycles. The Kier molecular flexibility index (Phi) is 6.80. The van der Waals surface area contributed by atoms with Crippen molar-refractivity contribution < 1.29 is 23.7 Å². The number of nitrogens with one attached hydrogen (secondary N) is 1. The lowest BCUT2D eigenvalue weighted by Gasteiger charge is -2.16. The van der Waals surface area contributed by atoms with Crippen LogP contribution in [0.4, 0.5) is 0 Å². The van der Waals surface area contributed by atoms with E-state index < -0.39 is 22.0 Å². The zero-order chi connectivity index (χ0) is 15.9. The summed E-state index contributed by atoms with van der Waals surface area (Å²) in [6.45, 7) is 2.62. The van der Waals surface area contributed by atoms with E-state index in [1.165, 1.54) is 19.2 Å². The van der Waals surface area contributed by atoms with Gasteiger partial charge in [0.2, 0.25) is 10.0 Å². The van der Waals surface area contributed by atoms with Gasteiger partial charge in [0.1, 0.15) is 6.04 Å².